The molecular weight excluding hydrogens is 284 g/mol. The molecule has 0 aromatic carbocycles. The van der Waals surface area contributed by atoms with Gasteiger partial charge in [-0.15, -0.1) is 5.54 Å². The van der Waals surface area contributed by atoms with Gasteiger partial charge in [0.15, 0.2) is 5.12 Å². The molecule has 0 spiro atoms. The maximum atomic E-state index is 12.4. The first-order chi connectivity index (χ1) is 8.96. The fraction of sp³-hybridized carbons (Fsp3) is 0.812. The van der Waals surface area contributed by atoms with Crippen LogP contribution in [0.1, 0.15) is 47.0 Å². The van der Waals surface area contributed by atoms with Crippen LogP contribution in [0.3, 0.4) is 0 Å². The molecule has 0 amide bonds. The number of thioether (sulfide) groups is 1. The van der Waals surface area contributed by atoms with Crippen molar-refractivity contribution >= 4 is 25.0 Å². The van der Waals surface area contributed by atoms with E-state index < -0.39 is 14.2 Å². The summed E-state index contributed by atoms with van der Waals surface area (Å²) in [6.45, 7) is 14.6. The van der Waals surface area contributed by atoms with Crippen molar-refractivity contribution in [1.29, 1.82) is 0 Å². The molecular formula is C16H30O2SSi. The number of unbranched alkanes of at least 4 members (excludes halogenated alkanes) is 1. The number of aliphatic hydroxyl groups excluding tert-OH is 1. The van der Waals surface area contributed by atoms with Gasteiger partial charge in [0.1, 0.15) is 14.2 Å². The highest BCUT2D eigenvalue weighted by Gasteiger charge is 2.29. The number of hydrogen-bond acceptors (Lipinski definition) is 3. The molecule has 0 saturated heterocycles. The van der Waals surface area contributed by atoms with E-state index in [4.69, 9.17) is 0 Å². The van der Waals surface area contributed by atoms with Crippen molar-refractivity contribution in [1.82, 2.24) is 0 Å². The molecule has 0 aromatic rings. The third kappa shape index (κ3) is 9.63. The van der Waals surface area contributed by atoms with Crippen LogP contribution in [0.25, 0.3) is 0 Å². The van der Waals surface area contributed by atoms with E-state index in [1.165, 1.54) is 11.8 Å². The summed E-state index contributed by atoms with van der Waals surface area (Å²) in [6, 6.07) is 0. The molecule has 20 heavy (non-hydrogen) atoms. The number of carbonyl (C=O) groups excluding carboxylic acids is 1. The zero-order chi connectivity index (χ0) is 16.0. The van der Waals surface area contributed by atoms with Crippen LogP contribution in [0, 0.1) is 17.4 Å². The lowest BCUT2D eigenvalue weighted by molar-refractivity contribution is -0.116. The zero-order valence-corrected chi connectivity index (χ0v) is 15.9. The molecule has 0 bridgehead atoms. The summed E-state index contributed by atoms with van der Waals surface area (Å²) < 4.78 is -0.118. The molecule has 4 heteroatoms. The summed E-state index contributed by atoms with van der Waals surface area (Å²) >= 11 is 1.32. The minimum Gasteiger partial charge on any atom is -0.380 e. The molecule has 0 aromatic heterocycles. The van der Waals surface area contributed by atoms with Gasteiger partial charge >= 0.3 is 0 Å². The van der Waals surface area contributed by atoms with Gasteiger partial charge in [0.2, 0.25) is 0 Å². The van der Waals surface area contributed by atoms with Gasteiger partial charge < -0.3 is 5.11 Å². The highest BCUT2D eigenvalue weighted by Crippen LogP contribution is 2.30. The number of carbonyl (C=O) groups is 1. The highest BCUT2D eigenvalue weighted by atomic mass is 32.2. The summed E-state index contributed by atoms with van der Waals surface area (Å²) in [5.74, 6) is 2.57. The molecule has 0 aliphatic heterocycles. The summed E-state index contributed by atoms with van der Waals surface area (Å²) in [6.07, 6.45) is 1.88. The number of hydrogen-bond donors (Lipinski definition) is 1. The Hall–Kier alpha value is -0.243. The van der Waals surface area contributed by atoms with Crippen molar-refractivity contribution in [3.8, 4) is 11.5 Å². The SMILES string of the molecule is CCCC[C@H](C(=O)SC(C)(C)C)[C@H](O)C#C[Si](C)(C)C. The molecule has 116 valence electrons. The first-order valence-corrected chi connectivity index (χ1v) is 11.7. The second kappa shape index (κ2) is 8.26. The van der Waals surface area contributed by atoms with Crippen molar-refractivity contribution < 1.29 is 9.90 Å². The van der Waals surface area contributed by atoms with E-state index in [0.29, 0.717) is 0 Å². The Morgan fingerprint density at radius 2 is 1.85 bits per heavy atom. The van der Waals surface area contributed by atoms with Crippen molar-refractivity contribution in [2.24, 2.45) is 5.92 Å². The maximum absolute atomic E-state index is 12.4. The largest absolute Gasteiger partial charge is 0.380 e. The van der Waals surface area contributed by atoms with Crippen LogP contribution in [-0.4, -0.2) is 29.1 Å². The monoisotopic (exact) mass is 314 g/mol. The van der Waals surface area contributed by atoms with E-state index in [9.17, 15) is 9.90 Å². The van der Waals surface area contributed by atoms with E-state index in [2.05, 4.69) is 38.0 Å². The minimum absolute atomic E-state index is 0.0725. The van der Waals surface area contributed by atoms with Crippen LogP contribution >= 0.6 is 11.8 Å². The summed E-state index contributed by atoms with van der Waals surface area (Å²) in [5, 5.41) is 10.4. The van der Waals surface area contributed by atoms with Gasteiger partial charge in [-0.05, 0) is 6.42 Å². The predicted octanol–water partition coefficient (Wildman–Crippen LogP) is 4.09. The summed E-state index contributed by atoms with van der Waals surface area (Å²) in [4.78, 5) is 12.4. The Labute approximate surface area is 130 Å². The Morgan fingerprint density at radius 3 is 2.25 bits per heavy atom. The lowest BCUT2D eigenvalue weighted by Gasteiger charge is -2.23. The van der Waals surface area contributed by atoms with E-state index >= 15 is 0 Å². The standard InChI is InChI=1S/C16H30O2SSi/c1-8-9-10-13(15(18)19-16(2,3)4)14(17)11-12-20(5,6)7/h13-14,17H,8-10H2,1-7H3/t13-,14+/m0/s1. The van der Waals surface area contributed by atoms with Crippen LogP contribution in [0.2, 0.25) is 19.6 Å². The Morgan fingerprint density at radius 1 is 1.30 bits per heavy atom. The molecule has 0 aliphatic carbocycles. The molecule has 0 heterocycles. The van der Waals surface area contributed by atoms with Gasteiger partial charge in [-0.25, -0.2) is 0 Å². The minimum atomic E-state index is -1.52. The van der Waals surface area contributed by atoms with Crippen molar-refractivity contribution in [3.05, 3.63) is 0 Å². The zero-order valence-electron chi connectivity index (χ0n) is 14.0. The van der Waals surface area contributed by atoms with Crippen molar-refractivity contribution in [3.63, 3.8) is 0 Å². The first-order valence-electron chi connectivity index (χ1n) is 7.40. The summed E-state index contributed by atoms with van der Waals surface area (Å²) in [5.41, 5.74) is 3.17. The maximum Gasteiger partial charge on any atom is 0.196 e. The van der Waals surface area contributed by atoms with Crippen LogP contribution in [0.5, 0.6) is 0 Å². The lowest BCUT2D eigenvalue weighted by atomic mass is 9.98. The average Bonchev–Trinajstić information content (AvgIpc) is 2.23. The Bertz CT molecular complexity index is 369. The van der Waals surface area contributed by atoms with E-state index in [1.54, 1.807) is 0 Å². The van der Waals surface area contributed by atoms with Gasteiger partial charge in [-0.3, -0.25) is 4.79 Å². The van der Waals surface area contributed by atoms with Crippen LogP contribution < -0.4 is 0 Å². The first kappa shape index (κ1) is 19.8. The third-order valence-corrected chi connectivity index (χ3v) is 4.57. The van der Waals surface area contributed by atoms with E-state index in [1.807, 2.05) is 20.8 Å². The van der Waals surface area contributed by atoms with E-state index in [-0.39, 0.29) is 15.8 Å². The second-order valence-corrected chi connectivity index (χ2v) is 13.8. The van der Waals surface area contributed by atoms with Gasteiger partial charge in [-0.1, -0.05) is 77.9 Å². The second-order valence-electron chi connectivity index (χ2n) is 7.25. The van der Waals surface area contributed by atoms with Gasteiger partial charge in [0.05, 0.1) is 5.92 Å². The van der Waals surface area contributed by atoms with Gasteiger partial charge in [0, 0.05) is 4.75 Å². The number of aliphatic hydroxyl groups is 1. The molecule has 0 unspecified atom stereocenters. The summed E-state index contributed by atoms with van der Waals surface area (Å²) in [7, 11) is -1.52. The van der Waals surface area contributed by atoms with Gasteiger partial charge in [0.25, 0.3) is 0 Å². The fourth-order valence-electron chi connectivity index (χ4n) is 1.60. The lowest BCUT2D eigenvalue weighted by Crippen LogP contribution is -2.29. The predicted molar refractivity (Wildman–Crippen MR) is 92.5 cm³/mol. The quantitative estimate of drug-likeness (QED) is 0.613. The molecule has 0 aliphatic rings. The number of rotatable bonds is 5. The molecule has 2 atom stereocenters. The Kier molecular flexibility index (Phi) is 8.16. The Balaban J connectivity index is 4.94. The van der Waals surface area contributed by atoms with Crippen LogP contribution in [0.4, 0.5) is 0 Å². The smallest absolute Gasteiger partial charge is 0.196 e. The average molecular weight is 315 g/mol. The molecule has 0 saturated carbocycles. The fourth-order valence-corrected chi connectivity index (χ4v) is 3.18. The third-order valence-electron chi connectivity index (χ3n) is 2.55. The molecule has 0 radical (unpaired) electrons. The molecule has 0 rings (SSSR count). The topological polar surface area (TPSA) is 37.3 Å². The van der Waals surface area contributed by atoms with E-state index in [0.717, 1.165) is 19.3 Å². The molecule has 1 N–H and O–H groups in total. The van der Waals surface area contributed by atoms with Gasteiger partial charge in [-0.2, -0.15) is 0 Å². The van der Waals surface area contributed by atoms with Crippen LogP contribution in [-0.2, 0) is 4.79 Å². The normalized spacial score (nSPS) is 15.2. The molecule has 0 fully saturated rings. The van der Waals surface area contributed by atoms with Crippen molar-refractivity contribution in [2.75, 3.05) is 0 Å². The molecule has 2 nitrogen and oxygen atoms in total. The van der Waals surface area contributed by atoms with Crippen molar-refractivity contribution in [2.45, 2.75) is 77.4 Å². The van der Waals surface area contributed by atoms with Crippen LogP contribution in [0.15, 0.2) is 0 Å². The highest BCUT2D eigenvalue weighted by molar-refractivity contribution is 8.14.